The molecule has 0 radical (unpaired) electrons. The number of anilines is 1. The first-order chi connectivity index (χ1) is 9.61. The molecule has 1 aliphatic rings. The largest absolute Gasteiger partial charge is 0.454 e. The van der Waals surface area contributed by atoms with Gasteiger partial charge in [0.05, 0.1) is 0 Å². The maximum absolute atomic E-state index is 12.2. The van der Waals surface area contributed by atoms with Crippen molar-refractivity contribution in [3.05, 3.63) is 53.1 Å². The van der Waals surface area contributed by atoms with Crippen LogP contribution in [0.4, 0.5) is 5.69 Å². The molecule has 0 atom stereocenters. The fourth-order valence-electron chi connectivity index (χ4n) is 2.28. The Morgan fingerprint density at radius 3 is 2.45 bits per heavy atom. The number of carbonyl (C=O) groups is 1. The number of ether oxygens (including phenoxy) is 2. The molecule has 2 aromatic rings. The average Bonchev–Trinajstić information content (AvgIpc) is 2.85. The van der Waals surface area contributed by atoms with Gasteiger partial charge in [-0.15, -0.1) is 0 Å². The van der Waals surface area contributed by atoms with Gasteiger partial charge in [-0.3, -0.25) is 4.79 Å². The third-order valence-electron chi connectivity index (χ3n) is 3.11. The number of hydrogen-bond donors (Lipinski definition) is 1. The van der Waals surface area contributed by atoms with Crippen LogP contribution in [0.1, 0.15) is 21.5 Å². The minimum absolute atomic E-state index is 0.129. The molecular weight excluding hydrogens is 254 g/mol. The molecule has 1 heterocycles. The Labute approximate surface area is 117 Å². The molecule has 4 heteroatoms. The highest BCUT2D eigenvalue weighted by atomic mass is 16.7. The molecule has 0 saturated carbocycles. The molecule has 1 amide bonds. The minimum atomic E-state index is -0.129. The molecular formula is C16H15NO3. The van der Waals surface area contributed by atoms with Crippen LogP contribution in [0.5, 0.6) is 11.5 Å². The summed E-state index contributed by atoms with van der Waals surface area (Å²) in [6, 6.07) is 11.1. The highest BCUT2D eigenvalue weighted by molar-refractivity contribution is 6.04. The van der Waals surface area contributed by atoms with Crippen molar-refractivity contribution in [1.82, 2.24) is 0 Å². The van der Waals surface area contributed by atoms with Gasteiger partial charge in [0.15, 0.2) is 11.5 Å². The van der Waals surface area contributed by atoms with Crippen LogP contribution in [0.3, 0.4) is 0 Å². The molecule has 0 saturated heterocycles. The molecule has 4 nitrogen and oxygen atoms in total. The van der Waals surface area contributed by atoms with E-state index in [1.807, 2.05) is 32.0 Å². The van der Waals surface area contributed by atoms with Crippen molar-refractivity contribution in [3.8, 4) is 11.5 Å². The third kappa shape index (κ3) is 2.45. The van der Waals surface area contributed by atoms with Crippen molar-refractivity contribution in [1.29, 1.82) is 0 Å². The minimum Gasteiger partial charge on any atom is -0.454 e. The molecule has 0 aromatic heterocycles. The summed E-state index contributed by atoms with van der Waals surface area (Å²) in [7, 11) is 0. The van der Waals surface area contributed by atoms with Crippen LogP contribution in [0.25, 0.3) is 0 Å². The first-order valence-corrected chi connectivity index (χ1v) is 6.41. The number of benzene rings is 2. The molecule has 0 unspecified atom stereocenters. The zero-order chi connectivity index (χ0) is 14.1. The molecule has 0 spiro atoms. The van der Waals surface area contributed by atoms with Gasteiger partial charge in [-0.05, 0) is 38.1 Å². The zero-order valence-electron chi connectivity index (χ0n) is 11.4. The van der Waals surface area contributed by atoms with E-state index in [1.54, 1.807) is 18.2 Å². The van der Waals surface area contributed by atoms with Gasteiger partial charge in [0.25, 0.3) is 5.91 Å². The maximum atomic E-state index is 12.2. The normalized spacial score (nSPS) is 12.3. The molecule has 0 bridgehead atoms. The fraction of sp³-hybridized carbons (Fsp3) is 0.188. The van der Waals surface area contributed by atoms with Crippen molar-refractivity contribution >= 4 is 11.6 Å². The van der Waals surface area contributed by atoms with Crippen LogP contribution < -0.4 is 14.8 Å². The second kappa shape index (κ2) is 4.89. The van der Waals surface area contributed by atoms with E-state index < -0.39 is 0 Å². The smallest absolute Gasteiger partial charge is 0.255 e. The highest BCUT2D eigenvalue weighted by Gasteiger charge is 2.14. The van der Waals surface area contributed by atoms with Crippen molar-refractivity contribution in [2.75, 3.05) is 12.1 Å². The number of carbonyl (C=O) groups excluding carboxylic acids is 1. The van der Waals surface area contributed by atoms with Gasteiger partial charge in [0, 0.05) is 17.3 Å². The number of hydrogen-bond acceptors (Lipinski definition) is 3. The van der Waals surface area contributed by atoms with Gasteiger partial charge in [-0.2, -0.15) is 0 Å². The number of amides is 1. The summed E-state index contributed by atoms with van der Waals surface area (Å²) in [4.78, 5) is 12.2. The van der Waals surface area contributed by atoms with Crippen LogP contribution in [0, 0.1) is 13.8 Å². The van der Waals surface area contributed by atoms with Gasteiger partial charge in [-0.1, -0.05) is 17.2 Å². The van der Waals surface area contributed by atoms with Crippen molar-refractivity contribution in [3.63, 3.8) is 0 Å². The lowest BCUT2D eigenvalue weighted by Gasteiger charge is -2.08. The number of aryl methyl sites for hydroxylation is 2. The number of fused-ring (bicyclic) bond motifs is 1. The van der Waals surface area contributed by atoms with Gasteiger partial charge >= 0.3 is 0 Å². The molecule has 0 fully saturated rings. The quantitative estimate of drug-likeness (QED) is 0.910. The summed E-state index contributed by atoms with van der Waals surface area (Å²) in [5, 5.41) is 2.87. The van der Waals surface area contributed by atoms with Crippen LogP contribution >= 0.6 is 0 Å². The topological polar surface area (TPSA) is 47.6 Å². The predicted molar refractivity (Wildman–Crippen MR) is 76.4 cm³/mol. The SMILES string of the molecule is Cc1cc(C)cc(C(=O)Nc2ccc3c(c2)OCO3)c1. The van der Waals surface area contributed by atoms with E-state index >= 15 is 0 Å². The molecule has 102 valence electrons. The van der Waals surface area contributed by atoms with Crippen molar-refractivity contribution in [2.45, 2.75) is 13.8 Å². The van der Waals surface area contributed by atoms with E-state index in [1.165, 1.54) is 0 Å². The standard InChI is InChI=1S/C16H15NO3/c1-10-5-11(2)7-12(6-10)16(18)17-13-3-4-14-15(8-13)20-9-19-14/h3-8H,9H2,1-2H3,(H,17,18). The first kappa shape index (κ1) is 12.5. The molecule has 3 rings (SSSR count). The zero-order valence-corrected chi connectivity index (χ0v) is 11.4. The molecule has 2 aromatic carbocycles. The van der Waals surface area contributed by atoms with Crippen LogP contribution in [0.2, 0.25) is 0 Å². The lowest BCUT2D eigenvalue weighted by Crippen LogP contribution is -2.12. The van der Waals surface area contributed by atoms with Gasteiger partial charge in [0.1, 0.15) is 0 Å². The van der Waals surface area contributed by atoms with Crippen LogP contribution in [-0.2, 0) is 0 Å². The Morgan fingerprint density at radius 2 is 1.70 bits per heavy atom. The Bertz CT molecular complexity index is 659. The van der Waals surface area contributed by atoms with Gasteiger partial charge in [0.2, 0.25) is 6.79 Å². The summed E-state index contributed by atoms with van der Waals surface area (Å²) >= 11 is 0. The Hall–Kier alpha value is -2.49. The summed E-state index contributed by atoms with van der Waals surface area (Å²) in [5.41, 5.74) is 3.49. The Morgan fingerprint density at radius 1 is 1.00 bits per heavy atom. The van der Waals surface area contributed by atoms with Gasteiger partial charge in [-0.25, -0.2) is 0 Å². The molecule has 0 aliphatic carbocycles. The first-order valence-electron chi connectivity index (χ1n) is 6.41. The van der Waals surface area contributed by atoms with E-state index in [2.05, 4.69) is 5.32 Å². The third-order valence-corrected chi connectivity index (χ3v) is 3.11. The Balaban J connectivity index is 1.82. The van der Waals surface area contributed by atoms with E-state index in [-0.39, 0.29) is 12.7 Å². The summed E-state index contributed by atoms with van der Waals surface area (Å²) in [6.07, 6.45) is 0. The lowest BCUT2D eigenvalue weighted by molar-refractivity contribution is 0.102. The maximum Gasteiger partial charge on any atom is 0.255 e. The van der Waals surface area contributed by atoms with E-state index in [0.29, 0.717) is 22.7 Å². The second-order valence-electron chi connectivity index (χ2n) is 4.90. The van der Waals surface area contributed by atoms with Gasteiger partial charge < -0.3 is 14.8 Å². The summed E-state index contributed by atoms with van der Waals surface area (Å²) in [6.45, 7) is 4.18. The summed E-state index contributed by atoms with van der Waals surface area (Å²) in [5.74, 6) is 1.23. The predicted octanol–water partition coefficient (Wildman–Crippen LogP) is 3.28. The second-order valence-corrected chi connectivity index (χ2v) is 4.90. The number of rotatable bonds is 2. The van der Waals surface area contributed by atoms with Crippen molar-refractivity contribution < 1.29 is 14.3 Å². The summed E-state index contributed by atoms with van der Waals surface area (Å²) < 4.78 is 10.5. The van der Waals surface area contributed by atoms with E-state index in [9.17, 15) is 4.79 Å². The monoisotopic (exact) mass is 269 g/mol. The molecule has 20 heavy (non-hydrogen) atoms. The fourth-order valence-corrected chi connectivity index (χ4v) is 2.28. The van der Waals surface area contributed by atoms with Crippen molar-refractivity contribution in [2.24, 2.45) is 0 Å². The average molecular weight is 269 g/mol. The number of nitrogens with one attached hydrogen (secondary N) is 1. The Kier molecular flexibility index (Phi) is 3.06. The molecule has 1 aliphatic heterocycles. The van der Waals surface area contributed by atoms with E-state index in [4.69, 9.17) is 9.47 Å². The van der Waals surface area contributed by atoms with Crippen LogP contribution in [-0.4, -0.2) is 12.7 Å². The van der Waals surface area contributed by atoms with Crippen LogP contribution in [0.15, 0.2) is 36.4 Å². The van der Waals surface area contributed by atoms with E-state index in [0.717, 1.165) is 11.1 Å². The molecule has 1 N–H and O–H groups in total. The highest BCUT2D eigenvalue weighted by Crippen LogP contribution is 2.34. The lowest BCUT2D eigenvalue weighted by atomic mass is 10.1.